The van der Waals surface area contributed by atoms with Crippen molar-refractivity contribution in [3.05, 3.63) is 53.9 Å². The van der Waals surface area contributed by atoms with Gasteiger partial charge in [-0.3, -0.25) is 4.72 Å². The molecule has 6 nitrogen and oxygen atoms in total. The minimum Gasteiger partial charge on any atom is -0.478 e. The van der Waals surface area contributed by atoms with Crippen LogP contribution in [0.4, 0.5) is 18.9 Å². The summed E-state index contributed by atoms with van der Waals surface area (Å²) in [4.78, 5) is 13.6. The fourth-order valence-corrected chi connectivity index (χ4v) is 2.66. The lowest BCUT2D eigenvalue weighted by Gasteiger charge is -2.09. The minimum atomic E-state index is -4.62. The molecule has 1 aromatic heterocycles. The number of hydrogen-bond acceptors (Lipinski definition) is 4. The number of benzene rings is 1. The number of alkyl halides is 3. The Morgan fingerprint density at radius 1 is 1.09 bits per heavy atom. The van der Waals surface area contributed by atoms with Crippen molar-refractivity contribution in [2.45, 2.75) is 11.1 Å². The molecule has 0 aliphatic rings. The molecule has 0 fully saturated rings. The zero-order chi connectivity index (χ0) is 17.3. The molecular formula is C13H9F3N2O4S. The SMILES string of the molecule is O=C(O)c1ccc(S(=O)(=O)Nc2ccc(C(F)(F)F)nc2)cc1. The number of aromatic nitrogens is 1. The van der Waals surface area contributed by atoms with Gasteiger partial charge in [0.2, 0.25) is 0 Å². The first-order valence-corrected chi connectivity index (χ1v) is 7.47. The van der Waals surface area contributed by atoms with E-state index >= 15 is 0 Å². The van der Waals surface area contributed by atoms with Gasteiger partial charge in [0.1, 0.15) is 5.69 Å². The number of rotatable bonds is 4. The van der Waals surface area contributed by atoms with Crippen molar-refractivity contribution in [3.8, 4) is 0 Å². The molecule has 10 heteroatoms. The molecule has 0 saturated carbocycles. The van der Waals surface area contributed by atoms with Crippen LogP contribution in [-0.4, -0.2) is 24.5 Å². The van der Waals surface area contributed by atoms with Crippen LogP contribution in [-0.2, 0) is 16.2 Å². The van der Waals surface area contributed by atoms with Crippen LogP contribution in [0.5, 0.6) is 0 Å². The van der Waals surface area contributed by atoms with Crippen LogP contribution in [0.2, 0.25) is 0 Å². The van der Waals surface area contributed by atoms with Crippen LogP contribution < -0.4 is 4.72 Å². The fourth-order valence-electron chi connectivity index (χ4n) is 1.61. The number of carboxylic acids is 1. The molecule has 1 aromatic carbocycles. The Labute approximate surface area is 128 Å². The molecule has 0 spiro atoms. The number of carboxylic acid groups (broad SMARTS) is 1. The van der Waals surface area contributed by atoms with E-state index in [4.69, 9.17) is 5.11 Å². The summed E-state index contributed by atoms with van der Waals surface area (Å²) >= 11 is 0. The standard InChI is InChI=1S/C13H9F3N2O4S/c14-13(15,16)11-6-3-9(7-17-11)18-23(21,22)10-4-1-8(2-5-10)12(19)20/h1-7,18H,(H,19,20). The van der Waals surface area contributed by atoms with Crippen molar-refractivity contribution in [2.24, 2.45) is 0 Å². The number of halogens is 3. The van der Waals surface area contributed by atoms with Crippen molar-refractivity contribution >= 4 is 21.7 Å². The number of hydrogen-bond donors (Lipinski definition) is 2. The lowest BCUT2D eigenvalue weighted by molar-refractivity contribution is -0.141. The Morgan fingerprint density at radius 2 is 1.70 bits per heavy atom. The van der Waals surface area contributed by atoms with Gasteiger partial charge in [0, 0.05) is 0 Å². The van der Waals surface area contributed by atoms with Crippen LogP contribution in [0.1, 0.15) is 16.1 Å². The number of pyridine rings is 1. The van der Waals surface area contributed by atoms with Gasteiger partial charge in [-0.2, -0.15) is 13.2 Å². The van der Waals surface area contributed by atoms with Crippen molar-refractivity contribution < 1.29 is 31.5 Å². The zero-order valence-corrected chi connectivity index (χ0v) is 12.0. The summed E-state index contributed by atoms with van der Waals surface area (Å²) in [5, 5.41) is 8.74. The molecule has 0 amide bonds. The monoisotopic (exact) mass is 346 g/mol. The molecule has 2 N–H and O–H groups in total. The normalized spacial score (nSPS) is 12.0. The smallest absolute Gasteiger partial charge is 0.433 e. The molecule has 0 radical (unpaired) electrons. The fraction of sp³-hybridized carbons (Fsp3) is 0.0769. The maximum Gasteiger partial charge on any atom is 0.433 e. The second-order valence-electron chi connectivity index (χ2n) is 4.36. The Morgan fingerprint density at radius 3 is 2.13 bits per heavy atom. The van der Waals surface area contributed by atoms with E-state index in [9.17, 15) is 26.4 Å². The van der Waals surface area contributed by atoms with Gasteiger partial charge in [-0.25, -0.2) is 18.2 Å². The highest BCUT2D eigenvalue weighted by Gasteiger charge is 2.32. The summed E-state index contributed by atoms with van der Waals surface area (Å²) in [6.45, 7) is 0. The summed E-state index contributed by atoms with van der Waals surface area (Å²) in [6.07, 6.45) is -3.88. The number of carbonyl (C=O) groups is 1. The van der Waals surface area contributed by atoms with Gasteiger partial charge in [-0.15, -0.1) is 0 Å². The molecule has 0 bridgehead atoms. The van der Waals surface area contributed by atoms with E-state index in [2.05, 4.69) is 9.71 Å². The van der Waals surface area contributed by atoms with Crippen LogP contribution in [0.25, 0.3) is 0 Å². The lowest BCUT2D eigenvalue weighted by atomic mass is 10.2. The van der Waals surface area contributed by atoms with E-state index in [1.165, 1.54) is 0 Å². The van der Waals surface area contributed by atoms with Crippen LogP contribution >= 0.6 is 0 Å². The highest BCUT2D eigenvalue weighted by molar-refractivity contribution is 7.92. The highest BCUT2D eigenvalue weighted by atomic mass is 32.2. The first kappa shape index (κ1) is 16.7. The van der Waals surface area contributed by atoms with Gasteiger partial charge in [-0.1, -0.05) is 0 Å². The Balaban J connectivity index is 2.22. The van der Waals surface area contributed by atoms with Crippen LogP contribution in [0.15, 0.2) is 47.5 Å². The van der Waals surface area contributed by atoms with Crippen molar-refractivity contribution in [2.75, 3.05) is 4.72 Å². The van der Waals surface area contributed by atoms with Crippen LogP contribution in [0, 0.1) is 0 Å². The van der Waals surface area contributed by atoms with Gasteiger partial charge in [0.05, 0.1) is 22.3 Å². The van der Waals surface area contributed by atoms with Gasteiger partial charge < -0.3 is 5.11 Å². The van der Waals surface area contributed by atoms with Gasteiger partial charge in [0.15, 0.2) is 0 Å². The van der Waals surface area contributed by atoms with Crippen molar-refractivity contribution in [1.29, 1.82) is 0 Å². The van der Waals surface area contributed by atoms with E-state index in [0.717, 1.165) is 36.5 Å². The minimum absolute atomic E-state index is 0.0971. The number of nitrogens with one attached hydrogen (secondary N) is 1. The maximum atomic E-state index is 12.4. The third-order valence-corrected chi connectivity index (χ3v) is 4.11. The van der Waals surface area contributed by atoms with Crippen molar-refractivity contribution in [1.82, 2.24) is 4.98 Å². The van der Waals surface area contributed by atoms with Crippen molar-refractivity contribution in [3.63, 3.8) is 0 Å². The second-order valence-corrected chi connectivity index (χ2v) is 6.05. The predicted octanol–water partition coefficient (Wildman–Crippen LogP) is 2.60. The molecule has 0 aliphatic carbocycles. The molecule has 0 unspecified atom stereocenters. The number of aromatic carboxylic acids is 1. The molecular weight excluding hydrogens is 337 g/mol. The van der Waals surface area contributed by atoms with E-state index in [0.29, 0.717) is 6.07 Å². The topological polar surface area (TPSA) is 96.4 Å². The maximum absolute atomic E-state index is 12.4. The molecule has 23 heavy (non-hydrogen) atoms. The second kappa shape index (κ2) is 5.88. The van der Waals surface area contributed by atoms with Gasteiger partial charge in [0.25, 0.3) is 10.0 Å². The Hall–Kier alpha value is -2.62. The number of anilines is 1. The number of sulfonamides is 1. The van der Waals surface area contributed by atoms with Gasteiger partial charge >= 0.3 is 12.1 Å². The quantitative estimate of drug-likeness (QED) is 0.887. The first-order valence-electron chi connectivity index (χ1n) is 5.99. The highest BCUT2D eigenvalue weighted by Crippen LogP contribution is 2.28. The summed E-state index contributed by atoms with van der Waals surface area (Å²) in [6, 6.07) is 5.92. The molecule has 2 rings (SSSR count). The molecule has 0 saturated heterocycles. The summed E-state index contributed by atoms with van der Waals surface area (Å²) in [7, 11) is -4.07. The predicted molar refractivity (Wildman–Crippen MR) is 73.4 cm³/mol. The first-order chi connectivity index (χ1) is 10.6. The summed E-state index contributed by atoms with van der Waals surface area (Å²) in [5.74, 6) is -1.21. The van der Waals surface area contributed by atoms with E-state index in [1.807, 2.05) is 0 Å². The molecule has 2 aromatic rings. The average molecular weight is 346 g/mol. The van der Waals surface area contributed by atoms with Crippen LogP contribution in [0.3, 0.4) is 0 Å². The van der Waals surface area contributed by atoms with E-state index in [1.54, 1.807) is 0 Å². The van der Waals surface area contributed by atoms with Gasteiger partial charge in [-0.05, 0) is 36.4 Å². The Bertz CT molecular complexity index is 816. The molecule has 122 valence electrons. The molecule has 0 aliphatic heterocycles. The molecule has 1 heterocycles. The molecule has 0 atom stereocenters. The summed E-state index contributed by atoms with van der Waals surface area (Å²) < 4.78 is 63.3. The largest absolute Gasteiger partial charge is 0.478 e. The Kier molecular flexibility index (Phi) is 4.28. The third-order valence-electron chi connectivity index (χ3n) is 2.72. The van der Waals surface area contributed by atoms with E-state index < -0.39 is 27.9 Å². The zero-order valence-electron chi connectivity index (χ0n) is 11.2. The lowest BCUT2D eigenvalue weighted by Crippen LogP contribution is -2.14. The van der Waals surface area contributed by atoms with E-state index in [-0.39, 0.29) is 16.1 Å². The number of nitrogens with zero attached hydrogens (tertiary/aromatic N) is 1. The average Bonchev–Trinajstić information content (AvgIpc) is 2.46. The summed E-state index contributed by atoms with van der Waals surface area (Å²) in [5.41, 5.74) is -1.40. The third kappa shape index (κ3) is 3.97.